The topological polar surface area (TPSA) is 32.6 Å². The summed E-state index contributed by atoms with van der Waals surface area (Å²) >= 11 is 5.80. The quantitative estimate of drug-likeness (QED) is 0.788. The molecule has 0 saturated heterocycles. The van der Waals surface area contributed by atoms with Gasteiger partial charge in [-0.1, -0.05) is 36.6 Å². The number of benzene rings is 1. The van der Waals surface area contributed by atoms with Gasteiger partial charge in [0, 0.05) is 11.2 Å². The maximum absolute atomic E-state index is 9.76. The summed E-state index contributed by atoms with van der Waals surface area (Å²) in [6, 6.07) is 7.63. The number of aliphatic hydroxyl groups excluding tert-OH is 1. The molecule has 1 aromatic carbocycles. The largest absolute Gasteiger partial charge is 0.391 e. The molecule has 1 N–H and O–H groups in total. The van der Waals surface area contributed by atoms with Crippen molar-refractivity contribution in [3.05, 3.63) is 34.9 Å². The van der Waals surface area contributed by atoms with E-state index in [0.717, 1.165) is 29.8 Å². The Kier molecular flexibility index (Phi) is 3.97. The summed E-state index contributed by atoms with van der Waals surface area (Å²) in [4.78, 5) is 4.45. The van der Waals surface area contributed by atoms with Crippen molar-refractivity contribution in [2.45, 2.75) is 37.8 Å². The third kappa shape index (κ3) is 3.06. The van der Waals surface area contributed by atoms with Crippen molar-refractivity contribution >= 4 is 17.8 Å². The van der Waals surface area contributed by atoms with Crippen LogP contribution in [-0.2, 0) is 0 Å². The molecule has 1 aromatic rings. The van der Waals surface area contributed by atoms with Gasteiger partial charge in [-0.15, -0.1) is 0 Å². The molecule has 1 saturated carbocycles. The second kappa shape index (κ2) is 5.46. The van der Waals surface area contributed by atoms with E-state index in [4.69, 9.17) is 11.6 Å². The Morgan fingerprint density at radius 3 is 2.56 bits per heavy atom. The first kappa shape index (κ1) is 11.6. The second-order valence-corrected chi connectivity index (χ2v) is 4.69. The normalized spacial score (nSPS) is 26.1. The molecule has 2 nitrogen and oxygen atoms in total. The summed E-state index contributed by atoms with van der Waals surface area (Å²) in [6.07, 6.45) is 5.72. The molecule has 0 heterocycles. The first-order valence-electron chi connectivity index (χ1n) is 5.72. The SMILES string of the molecule is O[C@@H]1CCCC[C@@H]1N=Cc1ccc(Cl)cc1. The summed E-state index contributed by atoms with van der Waals surface area (Å²) in [5, 5.41) is 10.5. The summed E-state index contributed by atoms with van der Waals surface area (Å²) in [6.45, 7) is 0. The molecule has 0 aliphatic heterocycles. The van der Waals surface area contributed by atoms with Crippen LogP contribution in [0, 0.1) is 0 Å². The Labute approximate surface area is 101 Å². The first-order valence-corrected chi connectivity index (χ1v) is 6.10. The molecular formula is C13H16ClNO. The van der Waals surface area contributed by atoms with E-state index in [0.29, 0.717) is 0 Å². The number of rotatable bonds is 2. The molecule has 2 atom stereocenters. The highest BCUT2D eigenvalue weighted by atomic mass is 35.5. The number of nitrogens with zero attached hydrogens (tertiary/aromatic N) is 1. The van der Waals surface area contributed by atoms with Gasteiger partial charge in [0.15, 0.2) is 0 Å². The third-order valence-corrected chi connectivity index (χ3v) is 3.23. The van der Waals surface area contributed by atoms with Crippen LogP contribution >= 0.6 is 11.6 Å². The number of halogens is 1. The van der Waals surface area contributed by atoms with Crippen LogP contribution in [0.2, 0.25) is 5.02 Å². The predicted octanol–water partition coefficient (Wildman–Crippen LogP) is 3.06. The summed E-state index contributed by atoms with van der Waals surface area (Å²) in [7, 11) is 0. The van der Waals surface area contributed by atoms with E-state index in [-0.39, 0.29) is 12.1 Å². The Morgan fingerprint density at radius 1 is 1.19 bits per heavy atom. The van der Waals surface area contributed by atoms with Crippen molar-refractivity contribution in [3.8, 4) is 0 Å². The van der Waals surface area contributed by atoms with Crippen LogP contribution in [0.3, 0.4) is 0 Å². The van der Waals surface area contributed by atoms with Crippen molar-refractivity contribution in [2.75, 3.05) is 0 Å². The fraction of sp³-hybridized carbons (Fsp3) is 0.462. The van der Waals surface area contributed by atoms with Gasteiger partial charge in [0.1, 0.15) is 0 Å². The van der Waals surface area contributed by atoms with Crippen molar-refractivity contribution in [1.29, 1.82) is 0 Å². The smallest absolute Gasteiger partial charge is 0.0763 e. The lowest BCUT2D eigenvalue weighted by atomic mass is 9.93. The van der Waals surface area contributed by atoms with Gasteiger partial charge in [-0.2, -0.15) is 0 Å². The molecule has 0 unspecified atom stereocenters. The van der Waals surface area contributed by atoms with E-state index >= 15 is 0 Å². The van der Waals surface area contributed by atoms with E-state index in [1.807, 2.05) is 30.5 Å². The Balaban J connectivity index is 2.00. The van der Waals surface area contributed by atoms with Gasteiger partial charge in [-0.25, -0.2) is 0 Å². The van der Waals surface area contributed by atoms with Crippen molar-refractivity contribution in [3.63, 3.8) is 0 Å². The van der Waals surface area contributed by atoms with Gasteiger partial charge in [0.05, 0.1) is 12.1 Å². The van der Waals surface area contributed by atoms with Gasteiger partial charge < -0.3 is 5.11 Å². The average Bonchev–Trinajstić information content (AvgIpc) is 2.30. The standard InChI is InChI=1S/C13H16ClNO/c14-11-7-5-10(6-8-11)9-15-12-3-1-2-4-13(12)16/h5-9,12-13,16H,1-4H2/t12-,13+/m0/s1. The van der Waals surface area contributed by atoms with Crippen LogP contribution < -0.4 is 0 Å². The molecule has 1 aliphatic rings. The van der Waals surface area contributed by atoms with E-state index in [1.54, 1.807) is 0 Å². The molecule has 0 bridgehead atoms. The number of hydrogen-bond acceptors (Lipinski definition) is 2. The minimum atomic E-state index is -0.266. The number of aliphatic imine (C=N–C) groups is 1. The maximum Gasteiger partial charge on any atom is 0.0763 e. The Bertz CT molecular complexity index is 361. The zero-order chi connectivity index (χ0) is 11.4. The lowest BCUT2D eigenvalue weighted by molar-refractivity contribution is 0.110. The monoisotopic (exact) mass is 237 g/mol. The molecule has 86 valence electrons. The van der Waals surface area contributed by atoms with Gasteiger partial charge in [0.2, 0.25) is 0 Å². The molecule has 0 aromatic heterocycles. The van der Waals surface area contributed by atoms with Crippen molar-refractivity contribution in [2.24, 2.45) is 4.99 Å². The lowest BCUT2D eigenvalue weighted by Crippen LogP contribution is -2.28. The summed E-state index contributed by atoms with van der Waals surface area (Å²) in [5.41, 5.74) is 1.03. The molecule has 0 spiro atoms. The van der Waals surface area contributed by atoms with Gasteiger partial charge in [-0.3, -0.25) is 4.99 Å². The third-order valence-electron chi connectivity index (χ3n) is 2.98. The predicted molar refractivity (Wildman–Crippen MR) is 67.3 cm³/mol. The minimum absolute atomic E-state index is 0.0735. The molecule has 2 rings (SSSR count). The van der Waals surface area contributed by atoms with Gasteiger partial charge in [-0.05, 0) is 30.5 Å². The molecular weight excluding hydrogens is 222 g/mol. The average molecular weight is 238 g/mol. The minimum Gasteiger partial charge on any atom is -0.391 e. The van der Waals surface area contributed by atoms with Crippen LogP contribution in [0.4, 0.5) is 0 Å². The molecule has 1 fully saturated rings. The van der Waals surface area contributed by atoms with Crippen LogP contribution in [0.5, 0.6) is 0 Å². The van der Waals surface area contributed by atoms with Gasteiger partial charge in [0.25, 0.3) is 0 Å². The highest BCUT2D eigenvalue weighted by Crippen LogP contribution is 2.21. The molecule has 3 heteroatoms. The maximum atomic E-state index is 9.76. The molecule has 0 radical (unpaired) electrons. The second-order valence-electron chi connectivity index (χ2n) is 4.25. The highest BCUT2D eigenvalue weighted by molar-refractivity contribution is 6.30. The van der Waals surface area contributed by atoms with E-state index in [2.05, 4.69) is 4.99 Å². The number of hydrogen-bond donors (Lipinski definition) is 1. The fourth-order valence-electron chi connectivity index (χ4n) is 2.00. The lowest BCUT2D eigenvalue weighted by Gasteiger charge is -2.23. The first-order chi connectivity index (χ1) is 7.75. The van der Waals surface area contributed by atoms with E-state index in [9.17, 15) is 5.11 Å². The summed E-state index contributed by atoms with van der Waals surface area (Å²) in [5.74, 6) is 0. The Morgan fingerprint density at radius 2 is 1.88 bits per heavy atom. The molecule has 16 heavy (non-hydrogen) atoms. The van der Waals surface area contributed by atoms with Crippen molar-refractivity contribution < 1.29 is 5.11 Å². The van der Waals surface area contributed by atoms with Crippen LogP contribution in [-0.4, -0.2) is 23.5 Å². The van der Waals surface area contributed by atoms with Crippen LogP contribution in [0.15, 0.2) is 29.3 Å². The zero-order valence-corrected chi connectivity index (χ0v) is 9.90. The Hall–Kier alpha value is -0.860. The molecule has 1 aliphatic carbocycles. The fourth-order valence-corrected chi connectivity index (χ4v) is 2.12. The number of aliphatic hydroxyl groups is 1. The van der Waals surface area contributed by atoms with Crippen LogP contribution in [0.25, 0.3) is 0 Å². The van der Waals surface area contributed by atoms with E-state index < -0.39 is 0 Å². The van der Waals surface area contributed by atoms with Crippen LogP contribution in [0.1, 0.15) is 31.2 Å². The van der Waals surface area contributed by atoms with Gasteiger partial charge >= 0.3 is 0 Å². The zero-order valence-electron chi connectivity index (χ0n) is 9.14. The molecule has 0 amide bonds. The van der Waals surface area contributed by atoms with Crippen molar-refractivity contribution in [1.82, 2.24) is 0 Å². The summed E-state index contributed by atoms with van der Waals surface area (Å²) < 4.78 is 0. The highest BCUT2D eigenvalue weighted by Gasteiger charge is 2.21. The van der Waals surface area contributed by atoms with E-state index in [1.165, 1.54) is 6.42 Å².